The first-order valence-electron chi connectivity index (χ1n) is 12.5. The van der Waals surface area contributed by atoms with E-state index in [9.17, 15) is 22.8 Å². The van der Waals surface area contributed by atoms with Crippen molar-refractivity contribution in [2.45, 2.75) is 32.6 Å². The third-order valence-corrected chi connectivity index (χ3v) is 6.06. The van der Waals surface area contributed by atoms with Gasteiger partial charge in [-0.15, -0.1) is 0 Å². The van der Waals surface area contributed by atoms with E-state index >= 15 is 0 Å². The van der Waals surface area contributed by atoms with Crippen LogP contribution in [-0.2, 0) is 28.8 Å². The number of amides is 2. The van der Waals surface area contributed by atoms with Crippen molar-refractivity contribution in [1.29, 1.82) is 0 Å². The number of hydrogen-bond donors (Lipinski definition) is 0. The van der Waals surface area contributed by atoms with Gasteiger partial charge < -0.3 is 28.4 Å². The second-order valence-electron chi connectivity index (χ2n) is 8.87. The number of hydrogen-bond acceptors (Lipinski definition) is 6. The van der Waals surface area contributed by atoms with Gasteiger partial charge >= 0.3 is 6.18 Å². The average Bonchev–Trinajstić information content (AvgIpc) is 3.61. The van der Waals surface area contributed by atoms with Gasteiger partial charge in [0.25, 0.3) is 5.91 Å². The molecule has 0 atom stereocenters. The fourth-order valence-electron chi connectivity index (χ4n) is 4.11. The molecule has 0 saturated carbocycles. The van der Waals surface area contributed by atoms with Crippen LogP contribution in [0.5, 0.6) is 11.5 Å². The van der Waals surface area contributed by atoms with Crippen LogP contribution in [0.25, 0.3) is 0 Å². The fourth-order valence-corrected chi connectivity index (χ4v) is 4.11. The zero-order valence-electron chi connectivity index (χ0n) is 21.4. The molecule has 0 N–H and O–H groups in total. The number of ether oxygens (including phenoxy) is 3. The van der Waals surface area contributed by atoms with Gasteiger partial charge in [0.2, 0.25) is 12.7 Å². The van der Waals surface area contributed by atoms with Crippen molar-refractivity contribution in [2.75, 3.05) is 33.1 Å². The highest BCUT2D eigenvalue weighted by molar-refractivity contribution is 5.96. The maximum Gasteiger partial charge on any atom is 0.416 e. The second kappa shape index (κ2) is 12.7. The van der Waals surface area contributed by atoms with E-state index in [2.05, 4.69) is 0 Å². The van der Waals surface area contributed by atoms with Crippen LogP contribution >= 0.6 is 0 Å². The number of rotatable bonds is 12. The molecule has 11 heteroatoms. The molecule has 39 heavy (non-hydrogen) atoms. The summed E-state index contributed by atoms with van der Waals surface area (Å²) in [5.41, 5.74) is -0.315. The number of furan rings is 1. The van der Waals surface area contributed by atoms with Crippen LogP contribution in [0.1, 0.15) is 40.6 Å². The third kappa shape index (κ3) is 7.53. The highest BCUT2D eigenvalue weighted by atomic mass is 19.4. The highest BCUT2D eigenvalue weighted by Crippen LogP contribution is 2.33. The molecule has 0 bridgehead atoms. The van der Waals surface area contributed by atoms with Crippen LogP contribution in [0, 0.1) is 0 Å². The van der Waals surface area contributed by atoms with Crippen molar-refractivity contribution >= 4 is 11.8 Å². The minimum absolute atomic E-state index is 0.113. The number of alkyl halides is 3. The van der Waals surface area contributed by atoms with Crippen molar-refractivity contribution < 1.29 is 41.4 Å². The van der Waals surface area contributed by atoms with Gasteiger partial charge in [-0.1, -0.05) is 12.1 Å². The van der Waals surface area contributed by atoms with E-state index in [-0.39, 0.29) is 38.5 Å². The van der Waals surface area contributed by atoms with Crippen molar-refractivity contribution in [1.82, 2.24) is 9.80 Å². The molecule has 1 aliphatic heterocycles. The number of nitrogens with zero attached hydrogens (tertiary/aromatic N) is 2. The van der Waals surface area contributed by atoms with E-state index in [1.807, 2.05) is 13.0 Å². The molecule has 208 valence electrons. The molecule has 8 nitrogen and oxygen atoms in total. The zero-order chi connectivity index (χ0) is 27.8. The fraction of sp³-hybridized carbons (Fsp3) is 0.357. The molecule has 0 fully saturated rings. The highest BCUT2D eigenvalue weighted by Gasteiger charge is 2.32. The molecular formula is C28H29F3N2O6. The van der Waals surface area contributed by atoms with Crippen molar-refractivity contribution in [3.05, 3.63) is 83.3 Å². The predicted molar refractivity (Wildman–Crippen MR) is 134 cm³/mol. The summed E-state index contributed by atoms with van der Waals surface area (Å²) in [7, 11) is 0. The molecule has 0 aliphatic carbocycles. The molecule has 2 aromatic carbocycles. The van der Waals surface area contributed by atoms with E-state index in [0.29, 0.717) is 36.9 Å². The lowest BCUT2D eigenvalue weighted by Crippen LogP contribution is -2.43. The molecule has 4 rings (SSSR count). The standard InChI is InChI=1S/C28H29F3N2O6/c1-2-36-12-5-11-32(27(35)21-6-3-7-22(15-21)28(29,30)31)18-26(34)33(17-23-8-4-13-37-23)16-20-9-10-24-25(14-20)39-19-38-24/h3-4,6-10,13-15H,2,5,11-12,16-19H2,1H3. The minimum Gasteiger partial charge on any atom is -0.467 e. The molecule has 0 saturated heterocycles. The summed E-state index contributed by atoms with van der Waals surface area (Å²) in [6.45, 7) is 2.86. The van der Waals surface area contributed by atoms with Gasteiger partial charge in [-0.05, 0) is 61.4 Å². The number of carbonyl (C=O) groups excluding carboxylic acids is 2. The lowest BCUT2D eigenvalue weighted by Gasteiger charge is -2.28. The number of carbonyl (C=O) groups is 2. The second-order valence-corrected chi connectivity index (χ2v) is 8.87. The van der Waals surface area contributed by atoms with Crippen LogP contribution < -0.4 is 9.47 Å². The Hall–Kier alpha value is -3.99. The summed E-state index contributed by atoms with van der Waals surface area (Å²) in [5.74, 6) is 0.633. The number of fused-ring (bicyclic) bond motifs is 1. The summed E-state index contributed by atoms with van der Waals surface area (Å²) in [6.07, 6.45) is -2.70. The summed E-state index contributed by atoms with van der Waals surface area (Å²) in [4.78, 5) is 29.7. The normalized spacial score (nSPS) is 12.4. The van der Waals surface area contributed by atoms with Gasteiger partial charge in [0.1, 0.15) is 12.3 Å². The first-order chi connectivity index (χ1) is 18.7. The van der Waals surface area contributed by atoms with Crippen LogP contribution in [0.15, 0.2) is 65.3 Å². The largest absolute Gasteiger partial charge is 0.467 e. The van der Waals surface area contributed by atoms with Crippen molar-refractivity contribution in [3.8, 4) is 11.5 Å². The topological polar surface area (TPSA) is 81.5 Å². The first-order valence-corrected chi connectivity index (χ1v) is 12.5. The van der Waals surface area contributed by atoms with Crippen LogP contribution in [0.4, 0.5) is 13.2 Å². The van der Waals surface area contributed by atoms with E-state index < -0.39 is 23.6 Å². The SMILES string of the molecule is CCOCCCN(CC(=O)N(Cc1ccc2c(c1)OCO2)Cc1ccco1)C(=O)c1cccc(C(F)(F)F)c1. The summed E-state index contributed by atoms with van der Waals surface area (Å²) in [6, 6.07) is 13.0. The quantitative estimate of drug-likeness (QED) is 0.293. The summed E-state index contributed by atoms with van der Waals surface area (Å²) >= 11 is 0. The van der Waals surface area contributed by atoms with Gasteiger partial charge in [-0.3, -0.25) is 9.59 Å². The average molecular weight is 547 g/mol. The van der Waals surface area contributed by atoms with Gasteiger partial charge in [0, 0.05) is 31.9 Å². The van der Waals surface area contributed by atoms with Gasteiger partial charge in [0.15, 0.2) is 11.5 Å². The lowest BCUT2D eigenvalue weighted by atomic mass is 10.1. The van der Waals surface area contributed by atoms with E-state index in [0.717, 1.165) is 17.7 Å². The molecule has 2 heterocycles. The molecule has 0 spiro atoms. The molecule has 2 amide bonds. The molecule has 1 aliphatic rings. The molecular weight excluding hydrogens is 517 g/mol. The Kier molecular flexibility index (Phi) is 9.13. The lowest BCUT2D eigenvalue weighted by molar-refractivity contribution is -0.137. The smallest absolute Gasteiger partial charge is 0.416 e. The maximum absolute atomic E-state index is 13.6. The molecule has 0 unspecified atom stereocenters. The van der Waals surface area contributed by atoms with Crippen LogP contribution in [0.2, 0.25) is 0 Å². The minimum atomic E-state index is -4.60. The Morgan fingerprint density at radius 3 is 2.54 bits per heavy atom. The Bertz CT molecular complexity index is 1260. The van der Waals surface area contributed by atoms with Crippen LogP contribution in [-0.4, -0.2) is 54.7 Å². The predicted octanol–water partition coefficient (Wildman–Crippen LogP) is 5.12. The van der Waals surface area contributed by atoms with Crippen molar-refractivity contribution in [3.63, 3.8) is 0 Å². The number of halogens is 3. The maximum atomic E-state index is 13.6. The monoisotopic (exact) mass is 546 g/mol. The van der Waals surface area contributed by atoms with Crippen LogP contribution in [0.3, 0.4) is 0 Å². The van der Waals surface area contributed by atoms with E-state index in [4.69, 9.17) is 18.6 Å². The van der Waals surface area contributed by atoms with E-state index in [1.165, 1.54) is 28.2 Å². The Balaban J connectivity index is 1.55. The third-order valence-electron chi connectivity index (χ3n) is 6.06. The Morgan fingerprint density at radius 1 is 0.974 bits per heavy atom. The Labute approximate surface area is 223 Å². The van der Waals surface area contributed by atoms with E-state index in [1.54, 1.807) is 24.3 Å². The molecule has 1 aromatic heterocycles. The van der Waals surface area contributed by atoms with Gasteiger partial charge in [0.05, 0.1) is 18.4 Å². The van der Waals surface area contributed by atoms with Gasteiger partial charge in [-0.25, -0.2) is 0 Å². The first kappa shape index (κ1) is 28.0. The molecule has 0 radical (unpaired) electrons. The Morgan fingerprint density at radius 2 is 1.79 bits per heavy atom. The van der Waals surface area contributed by atoms with Crippen molar-refractivity contribution in [2.24, 2.45) is 0 Å². The summed E-state index contributed by atoms with van der Waals surface area (Å²) in [5, 5.41) is 0. The summed E-state index contributed by atoms with van der Waals surface area (Å²) < 4.78 is 61.4. The molecule has 3 aromatic rings. The number of benzene rings is 2. The van der Waals surface area contributed by atoms with Gasteiger partial charge in [-0.2, -0.15) is 13.2 Å². The zero-order valence-corrected chi connectivity index (χ0v) is 21.4.